The van der Waals surface area contributed by atoms with Crippen molar-refractivity contribution in [3.8, 4) is 45.0 Å². The van der Waals surface area contributed by atoms with Gasteiger partial charge in [0.15, 0.2) is 22.6 Å². The van der Waals surface area contributed by atoms with Crippen molar-refractivity contribution in [1.29, 1.82) is 0 Å². The number of imidazole rings is 4. The number of aromatic nitrogens is 13. The van der Waals surface area contributed by atoms with Crippen molar-refractivity contribution >= 4 is 69.8 Å². The fraction of sp³-hybridized carbons (Fsp3) is 0.388. The number of fused-ring (bicyclic) bond motifs is 4. The highest BCUT2D eigenvalue weighted by Crippen LogP contribution is 2.38. The van der Waals surface area contributed by atoms with Gasteiger partial charge in [-0.1, -0.05) is 41.2 Å². The molecule has 0 bridgehead atoms. The number of aryl methyl sites for hydroxylation is 3. The van der Waals surface area contributed by atoms with Crippen LogP contribution in [0.3, 0.4) is 0 Å². The van der Waals surface area contributed by atoms with Crippen LogP contribution in [-0.2, 0) is 44.9 Å². The summed E-state index contributed by atoms with van der Waals surface area (Å²) in [5, 5.41) is 39.1. The summed E-state index contributed by atoms with van der Waals surface area (Å²) < 4.78 is 59.9. The highest BCUT2D eigenvalue weighted by atomic mass is 19.1. The van der Waals surface area contributed by atoms with E-state index in [2.05, 4.69) is 65.7 Å². The minimum absolute atomic E-state index is 0.0404. The molecule has 720 valence electrons. The van der Waals surface area contributed by atoms with Crippen LogP contribution in [-0.4, -0.2) is 272 Å². The summed E-state index contributed by atoms with van der Waals surface area (Å²) in [4.78, 5) is 140. The quantitative estimate of drug-likeness (QED) is 0.0631. The number of piperazine rings is 4. The summed E-state index contributed by atoms with van der Waals surface area (Å²) in [5.41, 5.74) is 9.61. The Morgan fingerprint density at radius 3 is 1.15 bits per heavy atom. The van der Waals surface area contributed by atoms with Gasteiger partial charge in [0, 0.05) is 125 Å². The van der Waals surface area contributed by atoms with E-state index >= 15 is 0 Å². The first kappa shape index (κ1) is 98.2. The molecule has 5 fully saturated rings. The smallest absolute Gasteiger partial charge is 0.274 e. The zero-order valence-corrected chi connectivity index (χ0v) is 80.1. The van der Waals surface area contributed by atoms with E-state index in [4.69, 9.17) is 0 Å². The molecular weight excluding hydrogens is 1770 g/mol. The molecule has 9 aromatic heterocycles. The predicted molar refractivity (Wildman–Crippen MR) is 511 cm³/mol. The monoisotopic (exact) mass is 1880 g/mol. The number of carbonyl (C=O) groups is 8. The number of nitrogens with zero attached hydrogens (tertiary/aromatic N) is 21. The van der Waals surface area contributed by atoms with E-state index in [0.717, 1.165) is 56.5 Å². The fourth-order valence-electron chi connectivity index (χ4n) is 18.3. The topological polar surface area (TPSA) is 337 Å². The highest BCUT2D eigenvalue weighted by molar-refractivity contribution is 5.97. The van der Waals surface area contributed by atoms with E-state index in [1.807, 2.05) is 111 Å². The van der Waals surface area contributed by atoms with Gasteiger partial charge in [-0.25, -0.2) is 55.6 Å². The second-order valence-electron chi connectivity index (χ2n) is 38.4. The van der Waals surface area contributed by atoms with Gasteiger partial charge in [0.25, 0.3) is 35.4 Å². The van der Waals surface area contributed by atoms with Gasteiger partial charge in [-0.3, -0.25) is 43.3 Å². The third kappa shape index (κ3) is 21.0. The van der Waals surface area contributed by atoms with Crippen LogP contribution in [0, 0.1) is 23.3 Å². The number of hydrogen-bond donors (Lipinski definition) is 2. The molecule has 4 saturated heterocycles. The molecule has 138 heavy (non-hydrogen) atoms. The number of benzene rings is 4. The molecule has 1 atom stereocenters. The maximum Gasteiger partial charge on any atom is 0.274 e. The normalized spacial score (nSPS) is 16.7. The first-order chi connectivity index (χ1) is 65.5. The van der Waals surface area contributed by atoms with E-state index in [-0.39, 0.29) is 93.9 Å². The summed E-state index contributed by atoms with van der Waals surface area (Å²) in [6.45, 7) is 34.8. The van der Waals surface area contributed by atoms with Crippen LogP contribution >= 0.6 is 0 Å². The molecule has 5 aliphatic rings. The minimum Gasteiger partial charge on any atom is -0.381 e. The Balaban J connectivity index is 0.000000140. The summed E-state index contributed by atoms with van der Waals surface area (Å²) in [6.07, 6.45) is 15.5. The maximum atomic E-state index is 13.5. The van der Waals surface area contributed by atoms with Gasteiger partial charge in [-0.05, 0) is 269 Å². The average Bonchev–Trinajstić information content (AvgIpc) is 1.46. The SMILES string of the molecule is C=CC(=O)N1CCN(C(=O)c2cn3nc(-c4ccc(F)cc4)cc(C(C)C)c3n2)C(C)(C)C1.CCc1cc(-c2ccc(F)cc2)nn2cc(C(=O)N3CCN(C(=O)C(C)(C)O)CC3(C)C)nc12.CCc1cc(-c2ccc(F)cc2)nn2cc(C(=O)N3CCN(C(=O)C4(O)CCC4)CC3(C)C)nc12.CCc1cc(-c2ccc(F)cc2)nn2cc(C(=O)N3CCN(C(=O)Cc4ccncc4)[C@@H](C)C3)nc12. The van der Waals surface area contributed by atoms with Crippen molar-refractivity contribution in [2.75, 3.05) is 78.5 Å². The lowest BCUT2D eigenvalue weighted by Gasteiger charge is -2.49. The van der Waals surface area contributed by atoms with Gasteiger partial charge in [0.05, 0.1) is 70.6 Å². The predicted octanol–water partition coefficient (Wildman–Crippen LogP) is 13.3. The van der Waals surface area contributed by atoms with Crippen molar-refractivity contribution < 1.29 is 66.1 Å². The second-order valence-corrected chi connectivity index (χ2v) is 38.4. The molecule has 13 heterocycles. The number of halogens is 4. The van der Waals surface area contributed by atoms with E-state index in [0.29, 0.717) is 174 Å². The number of rotatable bonds is 17. The lowest BCUT2D eigenvalue weighted by molar-refractivity contribution is -0.164. The molecule has 2 N–H and O–H groups in total. The summed E-state index contributed by atoms with van der Waals surface area (Å²) in [5.74, 6) is -2.63. The first-order valence-electron chi connectivity index (χ1n) is 46.6. The second kappa shape index (κ2) is 39.8. The van der Waals surface area contributed by atoms with Gasteiger partial charge >= 0.3 is 0 Å². The Labute approximate surface area is 796 Å². The zero-order valence-electron chi connectivity index (χ0n) is 80.1. The van der Waals surface area contributed by atoms with Crippen molar-refractivity contribution in [2.45, 2.75) is 182 Å². The molecule has 1 saturated carbocycles. The van der Waals surface area contributed by atoms with Crippen LogP contribution in [0.15, 0.2) is 183 Å². The third-order valence-corrected chi connectivity index (χ3v) is 26.1. The Bertz CT molecular complexity index is 6790. The molecule has 13 aromatic rings. The highest BCUT2D eigenvalue weighted by Gasteiger charge is 2.49. The first-order valence-corrected chi connectivity index (χ1v) is 46.6. The third-order valence-electron chi connectivity index (χ3n) is 26.1. The molecular formula is C103H115F4N21O10. The van der Waals surface area contributed by atoms with Crippen LogP contribution < -0.4 is 0 Å². The van der Waals surface area contributed by atoms with E-state index < -0.39 is 27.8 Å². The van der Waals surface area contributed by atoms with Gasteiger partial charge < -0.3 is 49.4 Å². The minimum atomic E-state index is -1.46. The molecule has 1 aliphatic carbocycles. The maximum absolute atomic E-state index is 13.5. The van der Waals surface area contributed by atoms with Crippen molar-refractivity contribution in [2.24, 2.45) is 0 Å². The van der Waals surface area contributed by atoms with Crippen LogP contribution in [0.4, 0.5) is 17.6 Å². The number of hydrogen-bond acceptors (Lipinski definition) is 19. The lowest BCUT2D eigenvalue weighted by Crippen LogP contribution is -2.65. The fourth-order valence-corrected chi connectivity index (χ4v) is 18.3. The summed E-state index contributed by atoms with van der Waals surface area (Å²) in [7, 11) is 0. The molecule has 4 aromatic carbocycles. The van der Waals surface area contributed by atoms with Crippen molar-refractivity contribution in [3.05, 3.63) is 257 Å². The van der Waals surface area contributed by atoms with E-state index in [1.54, 1.807) is 138 Å². The van der Waals surface area contributed by atoms with Crippen molar-refractivity contribution in [1.82, 2.24) is 103 Å². The lowest BCUT2D eigenvalue weighted by atomic mass is 9.78. The Hall–Kier alpha value is -14.4. The zero-order chi connectivity index (χ0) is 98.9. The molecule has 8 amide bonds. The van der Waals surface area contributed by atoms with Crippen LogP contribution in [0.5, 0.6) is 0 Å². The van der Waals surface area contributed by atoms with Crippen LogP contribution in [0.25, 0.3) is 67.6 Å². The van der Waals surface area contributed by atoms with E-state index in [9.17, 15) is 66.1 Å². The molecule has 0 radical (unpaired) electrons. The number of aliphatic hydroxyl groups is 2. The standard InChI is InChI=1S/C27H27FN6O2.C26H30FN5O3.C25H30FN5O3.C25H28FN5O2/c1-3-20-15-23(21-4-6-22(28)7-5-21)31-34-17-24(30-26(20)34)27(36)32-12-13-33(18(2)16-32)25(35)14-19-8-10-29-11-9-19;1-4-17-14-20(18-6-8-19(27)9-7-18)29-32-15-21(28-22(17)32)23(33)31-13-12-30(16-25(31,2)3)24(34)26(35)10-5-11-26;1-6-16-13-19(17-7-9-18(26)10-8-17)28-31-14-20(27-21(16)31)22(32)30-12-11-29(15-24(30,2)3)23(33)25(4,5)34;1-6-22(32)29-11-12-30(25(4,5)15-29)24(33)21-14-31-23(27-21)19(16(2)3)13-20(28-31)17-7-9-18(26)10-8-17/h4-11,15,17-18H,3,12-14,16H2,1-2H3;6-9,14-15,35H,4-5,10-13,16H2,1-3H3;7-10,13-14,34H,6,11-12,15H2,1-5H3;6-10,13-14,16H,1,11-12,15H2,2-5H3/t18-;;;/m0.../s1. The average molecular weight is 1880 g/mol. The van der Waals surface area contributed by atoms with Gasteiger partial charge in [0.1, 0.15) is 57.2 Å². The molecule has 35 heteroatoms. The molecule has 4 aliphatic heterocycles. The molecule has 0 spiro atoms. The molecule has 18 rings (SSSR count). The Morgan fingerprint density at radius 1 is 0.464 bits per heavy atom. The van der Waals surface area contributed by atoms with Crippen LogP contribution in [0.1, 0.15) is 192 Å². The summed E-state index contributed by atoms with van der Waals surface area (Å²) in [6, 6.07) is 35.9. The van der Waals surface area contributed by atoms with Crippen LogP contribution in [0.2, 0.25) is 0 Å². The number of pyridine rings is 1. The van der Waals surface area contributed by atoms with Gasteiger partial charge in [-0.15, -0.1) is 0 Å². The summed E-state index contributed by atoms with van der Waals surface area (Å²) >= 11 is 0. The molecule has 0 unspecified atom stereocenters. The largest absolute Gasteiger partial charge is 0.381 e. The van der Waals surface area contributed by atoms with Gasteiger partial charge in [0.2, 0.25) is 11.8 Å². The molecule has 31 nitrogen and oxygen atoms in total. The van der Waals surface area contributed by atoms with E-state index in [1.165, 1.54) is 68.5 Å². The van der Waals surface area contributed by atoms with Crippen molar-refractivity contribution in [3.63, 3.8) is 0 Å². The Morgan fingerprint density at radius 2 is 0.804 bits per heavy atom. The number of carbonyl (C=O) groups excluding carboxylic acids is 8. The Kier molecular flexibility index (Phi) is 28.3. The number of amides is 8. The van der Waals surface area contributed by atoms with Gasteiger partial charge in [-0.2, -0.15) is 20.4 Å².